The van der Waals surface area contributed by atoms with Gasteiger partial charge < -0.3 is 4.90 Å². The second kappa shape index (κ2) is 7.00. The van der Waals surface area contributed by atoms with Crippen molar-refractivity contribution in [2.24, 2.45) is 0 Å². The maximum Gasteiger partial charge on any atom is 0.241 e. The molecule has 1 rings (SSSR count). The topological polar surface area (TPSA) is 32.3 Å². The Labute approximate surface area is 106 Å². The summed E-state index contributed by atoms with van der Waals surface area (Å²) in [6, 6.07) is 0.429. The van der Waals surface area contributed by atoms with Crippen LogP contribution in [-0.4, -0.2) is 29.1 Å². The fraction of sp³-hybridized carbons (Fsp3) is 0.929. The molecule has 1 N–H and O–H groups in total. The van der Waals surface area contributed by atoms with Crippen LogP contribution >= 0.6 is 0 Å². The van der Waals surface area contributed by atoms with Gasteiger partial charge in [-0.05, 0) is 26.2 Å². The predicted octanol–water partition coefficient (Wildman–Crippen LogP) is 2.90. The first-order valence-electron chi connectivity index (χ1n) is 7.23. The van der Waals surface area contributed by atoms with Crippen molar-refractivity contribution in [3.63, 3.8) is 0 Å². The van der Waals surface area contributed by atoms with Gasteiger partial charge in [-0.1, -0.05) is 40.0 Å². The Morgan fingerprint density at radius 3 is 2.47 bits per heavy atom. The third kappa shape index (κ3) is 3.44. The highest BCUT2D eigenvalue weighted by Gasteiger charge is 2.39. The average Bonchev–Trinajstić information content (AvgIpc) is 2.63. The van der Waals surface area contributed by atoms with Crippen molar-refractivity contribution in [2.45, 2.75) is 84.5 Å². The number of carbonyl (C=O) groups excluding carboxylic acids is 1. The number of nitrogens with one attached hydrogen (secondary N) is 1. The molecule has 1 saturated heterocycles. The minimum atomic E-state index is 0.0699. The lowest BCUT2D eigenvalue weighted by atomic mass is 10.1. The van der Waals surface area contributed by atoms with Crippen molar-refractivity contribution in [2.75, 3.05) is 0 Å². The van der Waals surface area contributed by atoms with E-state index in [1.807, 2.05) is 0 Å². The lowest BCUT2D eigenvalue weighted by Gasteiger charge is -2.29. The van der Waals surface area contributed by atoms with E-state index in [0.29, 0.717) is 11.9 Å². The van der Waals surface area contributed by atoms with E-state index >= 15 is 0 Å². The molecule has 17 heavy (non-hydrogen) atoms. The van der Waals surface area contributed by atoms with Crippen LogP contribution in [0.25, 0.3) is 0 Å². The number of unbranched alkanes of at least 4 members (excludes halogenated alkanes) is 1. The molecule has 3 heteroatoms. The van der Waals surface area contributed by atoms with Gasteiger partial charge in [-0.3, -0.25) is 10.1 Å². The average molecular weight is 240 g/mol. The Hall–Kier alpha value is -0.570. The molecular formula is C14H28N2O. The predicted molar refractivity (Wildman–Crippen MR) is 71.7 cm³/mol. The van der Waals surface area contributed by atoms with E-state index in [1.165, 1.54) is 0 Å². The number of hydrogen-bond acceptors (Lipinski definition) is 2. The highest BCUT2D eigenvalue weighted by Crippen LogP contribution is 2.22. The van der Waals surface area contributed by atoms with Gasteiger partial charge in [-0.15, -0.1) is 0 Å². The monoisotopic (exact) mass is 240 g/mol. The molecule has 100 valence electrons. The zero-order valence-corrected chi connectivity index (χ0v) is 11.8. The van der Waals surface area contributed by atoms with E-state index in [1.54, 1.807) is 0 Å². The third-order valence-electron chi connectivity index (χ3n) is 3.76. The van der Waals surface area contributed by atoms with E-state index < -0.39 is 0 Å². The fourth-order valence-electron chi connectivity index (χ4n) is 2.55. The molecule has 0 radical (unpaired) electrons. The van der Waals surface area contributed by atoms with Crippen molar-refractivity contribution in [3.8, 4) is 0 Å². The molecule has 0 spiro atoms. The lowest BCUT2D eigenvalue weighted by molar-refractivity contribution is -0.132. The summed E-state index contributed by atoms with van der Waals surface area (Å²) in [5.74, 6) is 0.325. The van der Waals surface area contributed by atoms with Crippen LogP contribution in [0.2, 0.25) is 0 Å². The second-order valence-electron chi connectivity index (χ2n) is 5.17. The summed E-state index contributed by atoms with van der Waals surface area (Å²) in [5.41, 5.74) is 0. The van der Waals surface area contributed by atoms with Crippen molar-refractivity contribution >= 4 is 5.91 Å². The Balaban J connectivity index is 2.67. The summed E-state index contributed by atoms with van der Waals surface area (Å²) < 4.78 is 0. The molecule has 3 nitrogen and oxygen atoms in total. The Kier molecular flexibility index (Phi) is 5.96. The molecule has 1 aliphatic heterocycles. The fourth-order valence-corrected chi connectivity index (χ4v) is 2.55. The Morgan fingerprint density at radius 2 is 1.94 bits per heavy atom. The highest BCUT2D eigenvalue weighted by molar-refractivity contribution is 5.84. The minimum absolute atomic E-state index is 0.0699. The first-order valence-corrected chi connectivity index (χ1v) is 7.23. The quantitative estimate of drug-likeness (QED) is 0.742. The van der Waals surface area contributed by atoms with Gasteiger partial charge in [-0.25, -0.2) is 0 Å². The maximum absolute atomic E-state index is 12.4. The zero-order chi connectivity index (χ0) is 12.8. The molecule has 3 unspecified atom stereocenters. The normalized spacial score (nSPS) is 26.6. The van der Waals surface area contributed by atoms with Gasteiger partial charge in [0.25, 0.3) is 0 Å². The summed E-state index contributed by atoms with van der Waals surface area (Å²) in [7, 11) is 0. The van der Waals surface area contributed by atoms with Gasteiger partial charge in [0.2, 0.25) is 5.91 Å². The van der Waals surface area contributed by atoms with Gasteiger partial charge in [0.1, 0.15) is 0 Å². The molecule has 0 saturated carbocycles. The highest BCUT2D eigenvalue weighted by atomic mass is 16.2. The SMILES string of the molecule is CCCCC1NC(CCC)N(C(C)CC)C1=O. The molecule has 1 amide bonds. The molecule has 0 aromatic heterocycles. The van der Waals surface area contributed by atoms with Gasteiger partial charge in [-0.2, -0.15) is 0 Å². The molecule has 3 atom stereocenters. The molecule has 0 bridgehead atoms. The Morgan fingerprint density at radius 1 is 1.24 bits per heavy atom. The van der Waals surface area contributed by atoms with Gasteiger partial charge in [0.15, 0.2) is 0 Å². The number of amides is 1. The largest absolute Gasteiger partial charge is 0.323 e. The summed E-state index contributed by atoms with van der Waals surface area (Å²) >= 11 is 0. The van der Waals surface area contributed by atoms with Crippen LogP contribution in [-0.2, 0) is 4.79 Å². The van der Waals surface area contributed by atoms with Crippen LogP contribution in [0, 0.1) is 0 Å². The van der Waals surface area contributed by atoms with E-state index in [0.717, 1.165) is 38.5 Å². The van der Waals surface area contributed by atoms with Crippen molar-refractivity contribution < 1.29 is 4.79 Å². The van der Waals surface area contributed by atoms with Gasteiger partial charge in [0, 0.05) is 6.04 Å². The molecular weight excluding hydrogens is 212 g/mol. The first kappa shape index (κ1) is 14.5. The summed E-state index contributed by atoms with van der Waals surface area (Å²) in [6.45, 7) is 8.67. The van der Waals surface area contributed by atoms with E-state index in [2.05, 4.69) is 37.9 Å². The number of carbonyl (C=O) groups is 1. The minimum Gasteiger partial charge on any atom is -0.323 e. The van der Waals surface area contributed by atoms with E-state index in [-0.39, 0.29) is 12.2 Å². The van der Waals surface area contributed by atoms with Crippen molar-refractivity contribution in [1.29, 1.82) is 0 Å². The number of rotatable bonds is 7. The molecule has 1 fully saturated rings. The maximum atomic E-state index is 12.4. The number of nitrogens with zero attached hydrogens (tertiary/aromatic N) is 1. The van der Waals surface area contributed by atoms with Crippen LogP contribution in [0.4, 0.5) is 0 Å². The second-order valence-corrected chi connectivity index (χ2v) is 5.17. The zero-order valence-electron chi connectivity index (χ0n) is 11.8. The van der Waals surface area contributed by atoms with Crippen LogP contribution in [0.15, 0.2) is 0 Å². The third-order valence-corrected chi connectivity index (χ3v) is 3.76. The van der Waals surface area contributed by atoms with Crippen LogP contribution < -0.4 is 5.32 Å². The van der Waals surface area contributed by atoms with E-state index in [4.69, 9.17) is 0 Å². The van der Waals surface area contributed by atoms with Crippen LogP contribution in [0.1, 0.15) is 66.2 Å². The standard InChI is InChI=1S/C14H28N2O/c1-5-8-10-12-14(17)16(11(4)7-3)13(15-12)9-6-2/h11-13,15H,5-10H2,1-4H3. The van der Waals surface area contributed by atoms with Crippen molar-refractivity contribution in [3.05, 3.63) is 0 Å². The lowest BCUT2D eigenvalue weighted by Crippen LogP contribution is -2.42. The molecule has 0 aliphatic carbocycles. The van der Waals surface area contributed by atoms with E-state index in [9.17, 15) is 4.79 Å². The molecule has 1 aliphatic rings. The summed E-state index contributed by atoms with van der Waals surface area (Å²) in [5, 5.41) is 3.52. The number of hydrogen-bond donors (Lipinski definition) is 1. The van der Waals surface area contributed by atoms with Gasteiger partial charge >= 0.3 is 0 Å². The van der Waals surface area contributed by atoms with Crippen molar-refractivity contribution in [1.82, 2.24) is 10.2 Å². The summed E-state index contributed by atoms with van der Waals surface area (Å²) in [4.78, 5) is 14.4. The summed E-state index contributed by atoms with van der Waals surface area (Å²) in [6.07, 6.45) is 6.78. The molecule has 0 aromatic rings. The van der Waals surface area contributed by atoms with Crippen LogP contribution in [0.3, 0.4) is 0 Å². The van der Waals surface area contributed by atoms with Gasteiger partial charge in [0.05, 0.1) is 12.2 Å². The Bertz CT molecular complexity index is 242. The van der Waals surface area contributed by atoms with Crippen LogP contribution in [0.5, 0.6) is 0 Å². The smallest absolute Gasteiger partial charge is 0.241 e. The molecule has 1 heterocycles. The first-order chi connectivity index (χ1) is 8.15. The molecule has 0 aromatic carbocycles.